The van der Waals surface area contributed by atoms with Crippen molar-refractivity contribution >= 4 is 45.5 Å². The van der Waals surface area contributed by atoms with Crippen LogP contribution in [0.3, 0.4) is 0 Å². The Labute approximate surface area is 205 Å². The summed E-state index contributed by atoms with van der Waals surface area (Å²) in [6.45, 7) is 1.81. The number of esters is 1. The molecule has 0 saturated carbocycles. The third-order valence-corrected chi connectivity index (χ3v) is 7.12. The SMILES string of the molecule is Cc1cccn2c(=O)cc(COC(=O)c3c4c(nc5ccccc35)/C(=C/c3cccs3)CC4)nc12. The Balaban J connectivity index is 1.38. The van der Waals surface area contributed by atoms with E-state index in [0.717, 1.165) is 51.0 Å². The molecule has 4 aromatic heterocycles. The maximum atomic E-state index is 13.5. The molecule has 0 bridgehead atoms. The van der Waals surface area contributed by atoms with E-state index >= 15 is 0 Å². The van der Waals surface area contributed by atoms with Crippen LogP contribution in [-0.4, -0.2) is 20.3 Å². The van der Waals surface area contributed by atoms with Gasteiger partial charge >= 0.3 is 5.97 Å². The molecule has 0 atom stereocenters. The van der Waals surface area contributed by atoms with Crippen LogP contribution < -0.4 is 5.56 Å². The van der Waals surface area contributed by atoms with Crippen LogP contribution in [0.1, 0.15) is 44.2 Å². The summed E-state index contributed by atoms with van der Waals surface area (Å²) in [6.07, 6.45) is 5.38. The molecule has 6 nitrogen and oxygen atoms in total. The second kappa shape index (κ2) is 8.60. The smallest absolute Gasteiger partial charge is 0.339 e. The molecule has 7 heteroatoms. The number of pyridine rings is 2. The zero-order valence-corrected chi connectivity index (χ0v) is 19.8. The number of hydrogen-bond acceptors (Lipinski definition) is 6. The molecule has 6 rings (SSSR count). The zero-order valence-electron chi connectivity index (χ0n) is 19.0. The average Bonchev–Trinajstić information content (AvgIpc) is 3.52. The number of carbonyl (C=O) groups is 1. The number of thiophene rings is 1. The third-order valence-electron chi connectivity index (χ3n) is 6.30. The summed E-state index contributed by atoms with van der Waals surface area (Å²) in [5, 5.41) is 2.82. The highest BCUT2D eigenvalue weighted by Gasteiger charge is 2.27. The first-order valence-corrected chi connectivity index (χ1v) is 12.3. The molecule has 0 aliphatic heterocycles. The van der Waals surface area contributed by atoms with Gasteiger partial charge in [-0.3, -0.25) is 9.20 Å². The molecule has 35 heavy (non-hydrogen) atoms. The highest BCUT2D eigenvalue weighted by atomic mass is 32.1. The Morgan fingerprint density at radius 3 is 2.86 bits per heavy atom. The minimum Gasteiger partial charge on any atom is -0.456 e. The molecule has 0 spiro atoms. The average molecular weight is 480 g/mol. The molecule has 5 aromatic rings. The van der Waals surface area contributed by atoms with Crippen molar-refractivity contribution in [3.63, 3.8) is 0 Å². The van der Waals surface area contributed by atoms with Crippen LogP contribution in [0.4, 0.5) is 0 Å². The Morgan fingerprint density at radius 2 is 2.00 bits per heavy atom. The Hall–Kier alpha value is -4.10. The molecule has 1 aromatic carbocycles. The molecule has 0 fully saturated rings. The minimum absolute atomic E-state index is 0.0811. The maximum Gasteiger partial charge on any atom is 0.339 e. The van der Waals surface area contributed by atoms with Crippen molar-refractivity contribution in [3.8, 4) is 0 Å². The quantitative estimate of drug-likeness (QED) is 0.320. The molecule has 0 radical (unpaired) electrons. The van der Waals surface area contributed by atoms with E-state index in [9.17, 15) is 9.59 Å². The first kappa shape index (κ1) is 21.4. The van der Waals surface area contributed by atoms with Gasteiger partial charge in [0.25, 0.3) is 5.56 Å². The fraction of sp³-hybridized carbons (Fsp3) is 0.143. The number of nitrogens with zero attached hydrogens (tertiary/aromatic N) is 3. The first-order valence-electron chi connectivity index (χ1n) is 11.4. The maximum absolute atomic E-state index is 13.5. The van der Waals surface area contributed by atoms with Gasteiger partial charge in [-0.05, 0) is 66.1 Å². The Morgan fingerprint density at radius 1 is 1.11 bits per heavy atom. The van der Waals surface area contributed by atoms with Crippen LogP contribution in [0.2, 0.25) is 0 Å². The molecule has 1 aliphatic rings. The van der Waals surface area contributed by atoms with Crippen LogP contribution in [0, 0.1) is 6.92 Å². The number of para-hydroxylation sites is 1. The van der Waals surface area contributed by atoms with Crippen molar-refractivity contribution in [1.82, 2.24) is 14.4 Å². The third kappa shape index (κ3) is 3.84. The molecule has 0 unspecified atom stereocenters. The number of hydrogen-bond donors (Lipinski definition) is 0. The predicted octanol–water partition coefficient (Wildman–Crippen LogP) is 5.46. The Kier molecular flexibility index (Phi) is 5.26. The van der Waals surface area contributed by atoms with E-state index in [1.54, 1.807) is 23.6 Å². The van der Waals surface area contributed by atoms with Gasteiger partial charge in [-0.15, -0.1) is 11.3 Å². The Bertz CT molecular complexity index is 1700. The fourth-order valence-corrected chi connectivity index (χ4v) is 5.33. The van der Waals surface area contributed by atoms with E-state index in [4.69, 9.17) is 9.72 Å². The van der Waals surface area contributed by atoms with Crippen molar-refractivity contribution in [2.75, 3.05) is 0 Å². The summed E-state index contributed by atoms with van der Waals surface area (Å²) in [5.41, 5.74) is 5.87. The molecule has 172 valence electrons. The number of benzene rings is 1. The highest BCUT2D eigenvalue weighted by molar-refractivity contribution is 7.10. The summed E-state index contributed by atoms with van der Waals surface area (Å²) in [7, 11) is 0. The summed E-state index contributed by atoms with van der Waals surface area (Å²) in [4.78, 5) is 36.6. The van der Waals surface area contributed by atoms with Crippen LogP contribution in [0.15, 0.2) is 71.0 Å². The number of rotatable bonds is 4. The first-order chi connectivity index (χ1) is 17.1. The van der Waals surface area contributed by atoms with Crippen molar-refractivity contribution in [2.24, 2.45) is 0 Å². The number of aryl methyl sites for hydroxylation is 1. The lowest BCUT2D eigenvalue weighted by Gasteiger charge is -2.12. The summed E-state index contributed by atoms with van der Waals surface area (Å²) in [5.74, 6) is -0.427. The molecule has 4 heterocycles. The van der Waals surface area contributed by atoms with Gasteiger partial charge in [-0.1, -0.05) is 30.3 Å². The second-order valence-electron chi connectivity index (χ2n) is 8.56. The number of ether oxygens (including phenoxy) is 1. The lowest BCUT2D eigenvalue weighted by Crippen LogP contribution is -2.17. The van der Waals surface area contributed by atoms with E-state index in [-0.39, 0.29) is 12.2 Å². The fourth-order valence-electron chi connectivity index (χ4n) is 4.65. The minimum atomic E-state index is -0.427. The van der Waals surface area contributed by atoms with Crippen LogP contribution >= 0.6 is 11.3 Å². The van der Waals surface area contributed by atoms with Gasteiger partial charge in [0.1, 0.15) is 12.3 Å². The summed E-state index contributed by atoms with van der Waals surface area (Å²) < 4.78 is 7.23. The lowest BCUT2D eigenvalue weighted by atomic mass is 10.0. The van der Waals surface area contributed by atoms with Crippen LogP contribution in [-0.2, 0) is 17.8 Å². The number of carbonyl (C=O) groups excluding carboxylic acids is 1. The topological polar surface area (TPSA) is 73.6 Å². The molecule has 1 aliphatic carbocycles. The number of aromatic nitrogens is 3. The monoisotopic (exact) mass is 479 g/mol. The zero-order chi connectivity index (χ0) is 23.9. The van der Waals surface area contributed by atoms with Crippen LogP contribution in [0.25, 0.3) is 28.2 Å². The van der Waals surface area contributed by atoms with E-state index < -0.39 is 5.97 Å². The molecule has 0 saturated heterocycles. The summed E-state index contributed by atoms with van der Waals surface area (Å²) >= 11 is 1.68. The molecule has 0 N–H and O–H groups in total. The second-order valence-corrected chi connectivity index (χ2v) is 9.54. The van der Waals surface area contributed by atoms with Crippen molar-refractivity contribution in [2.45, 2.75) is 26.4 Å². The van der Waals surface area contributed by atoms with Gasteiger partial charge in [0.2, 0.25) is 0 Å². The van der Waals surface area contributed by atoms with Gasteiger partial charge < -0.3 is 4.74 Å². The molecular weight excluding hydrogens is 458 g/mol. The summed E-state index contributed by atoms with van der Waals surface area (Å²) in [6, 6.07) is 16.9. The van der Waals surface area contributed by atoms with Gasteiger partial charge in [-0.25, -0.2) is 14.8 Å². The van der Waals surface area contributed by atoms with E-state index in [1.165, 1.54) is 10.5 Å². The molecular formula is C28H21N3O3S. The van der Waals surface area contributed by atoms with E-state index in [1.807, 2.05) is 48.7 Å². The standard InChI is InChI=1S/C28H21N3O3S/c1-17-6-4-12-31-24(32)15-19(29-27(17)31)16-34-28(33)25-21-8-2-3-9-23(21)30-26-18(10-11-22(25)26)14-20-7-5-13-35-20/h2-9,12-15H,10-11,16H2,1H3/b18-14+. The largest absolute Gasteiger partial charge is 0.456 e. The lowest BCUT2D eigenvalue weighted by molar-refractivity contribution is 0.0469. The van der Waals surface area contributed by atoms with E-state index in [2.05, 4.69) is 17.1 Å². The van der Waals surface area contributed by atoms with Crippen molar-refractivity contribution < 1.29 is 9.53 Å². The van der Waals surface area contributed by atoms with Gasteiger partial charge in [0.15, 0.2) is 0 Å². The number of fused-ring (bicyclic) bond motifs is 3. The van der Waals surface area contributed by atoms with Crippen molar-refractivity contribution in [3.05, 3.63) is 109 Å². The van der Waals surface area contributed by atoms with Gasteiger partial charge in [-0.2, -0.15) is 0 Å². The van der Waals surface area contributed by atoms with Crippen LogP contribution in [0.5, 0.6) is 0 Å². The molecule has 0 amide bonds. The normalized spacial score (nSPS) is 14.0. The van der Waals surface area contributed by atoms with Crippen molar-refractivity contribution in [1.29, 1.82) is 0 Å². The van der Waals surface area contributed by atoms with Gasteiger partial charge in [0, 0.05) is 22.5 Å². The van der Waals surface area contributed by atoms with Gasteiger partial charge in [0.05, 0.1) is 22.5 Å². The van der Waals surface area contributed by atoms with E-state index in [0.29, 0.717) is 16.9 Å². The highest BCUT2D eigenvalue weighted by Crippen LogP contribution is 2.38. The number of allylic oxidation sites excluding steroid dienone is 1. The predicted molar refractivity (Wildman–Crippen MR) is 138 cm³/mol.